The Kier molecular flexibility index (Phi) is 7.17. The second-order valence-corrected chi connectivity index (χ2v) is 10.00. The number of benzene rings is 1. The van der Waals surface area contributed by atoms with Gasteiger partial charge in [-0.15, -0.1) is 11.3 Å². The van der Waals surface area contributed by atoms with E-state index in [0.717, 1.165) is 34.2 Å². The van der Waals surface area contributed by atoms with Crippen LogP contribution in [0.15, 0.2) is 30.3 Å². The predicted molar refractivity (Wildman–Crippen MR) is 134 cm³/mol. The molecule has 1 saturated heterocycles. The molecule has 3 amide bonds. The molecule has 170 valence electrons. The van der Waals surface area contributed by atoms with Crippen LogP contribution in [0.25, 0.3) is 9.53 Å². The summed E-state index contributed by atoms with van der Waals surface area (Å²) < 4.78 is 1.05. The van der Waals surface area contributed by atoms with Gasteiger partial charge >= 0.3 is 6.03 Å². The lowest BCUT2D eigenvalue weighted by Crippen LogP contribution is -2.39. The van der Waals surface area contributed by atoms with Crippen LogP contribution in [0.2, 0.25) is 5.02 Å². The SMILES string of the molecule is CCN(CC)c1nc2sc(C(=O)N3CCCN(C(=O)Nc4cccc(Cl)c4)CC3)cc2s1. The molecule has 0 spiro atoms. The summed E-state index contributed by atoms with van der Waals surface area (Å²) in [6.45, 7) is 8.29. The van der Waals surface area contributed by atoms with Crippen molar-refractivity contribution < 1.29 is 9.59 Å². The lowest BCUT2D eigenvalue weighted by Gasteiger charge is -2.22. The van der Waals surface area contributed by atoms with Crippen molar-refractivity contribution in [3.63, 3.8) is 0 Å². The number of carbonyl (C=O) groups is 2. The van der Waals surface area contributed by atoms with E-state index < -0.39 is 0 Å². The van der Waals surface area contributed by atoms with Crippen molar-refractivity contribution in [1.29, 1.82) is 0 Å². The molecule has 0 aliphatic carbocycles. The minimum absolute atomic E-state index is 0.0155. The molecule has 2 aromatic heterocycles. The van der Waals surface area contributed by atoms with Gasteiger partial charge in [-0.3, -0.25) is 4.79 Å². The number of hydrogen-bond donors (Lipinski definition) is 1. The van der Waals surface area contributed by atoms with Gasteiger partial charge in [0, 0.05) is 50.0 Å². The minimum atomic E-state index is -0.175. The predicted octanol–water partition coefficient (Wildman–Crippen LogP) is 5.24. The normalized spacial score (nSPS) is 14.5. The molecule has 0 radical (unpaired) electrons. The number of halogens is 1. The van der Waals surface area contributed by atoms with Gasteiger partial charge in [0.25, 0.3) is 5.91 Å². The molecule has 1 aliphatic heterocycles. The van der Waals surface area contributed by atoms with Crippen LogP contribution in [0.1, 0.15) is 29.9 Å². The number of carbonyl (C=O) groups excluding carboxylic acids is 2. The minimum Gasteiger partial charge on any atom is -0.349 e. The average molecular weight is 492 g/mol. The summed E-state index contributed by atoms with van der Waals surface area (Å²) in [6.07, 6.45) is 0.735. The zero-order valence-corrected chi connectivity index (χ0v) is 20.5. The molecule has 4 rings (SSSR count). The lowest BCUT2D eigenvalue weighted by molar-refractivity contribution is 0.0767. The van der Waals surface area contributed by atoms with Crippen molar-refractivity contribution in [3.8, 4) is 0 Å². The molecule has 1 N–H and O–H groups in total. The zero-order chi connectivity index (χ0) is 22.7. The number of anilines is 2. The molecule has 0 atom stereocenters. The van der Waals surface area contributed by atoms with Gasteiger partial charge in [0.2, 0.25) is 0 Å². The Balaban J connectivity index is 1.39. The third-order valence-electron chi connectivity index (χ3n) is 5.47. The van der Waals surface area contributed by atoms with Crippen molar-refractivity contribution in [2.75, 3.05) is 49.5 Å². The van der Waals surface area contributed by atoms with Gasteiger partial charge in [-0.2, -0.15) is 0 Å². The maximum Gasteiger partial charge on any atom is 0.321 e. The molecule has 0 unspecified atom stereocenters. The summed E-state index contributed by atoms with van der Waals surface area (Å²) in [6, 6.07) is 8.87. The number of amides is 3. The maximum absolute atomic E-state index is 13.1. The van der Waals surface area contributed by atoms with E-state index in [2.05, 4.69) is 24.1 Å². The first-order chi connectivity index (χ1) is 15.5. The topological polar surface area (TPSA) is 68.8 Å². The van der Waals surface area contributed by atoms with Crippen LogP contribution in [0, 0.1) is 0 Å². The van der Waals surface area contributed by atoms with Crippen LogP contribution in [0.3, 0.4) is 0 Å². The smallest absolute Gasteiger partial charge is 0.321 e. The quantitative estimate of drug-likeness (QED) is 0.530. The van der Waals surface area contributed by atoms with E-state index >= 15 is 0 Å². The molecule has 0 bridgehead atoms. The van der Waals surface area contributed by atoms with Crippen LogP contribution >= 0.6 is 34.3 Å². The molecule has 1 aromatic carbocycles. The number of thiazole rings is 1. The number of nitrogens with one attached hydrogen (secondary N) is 1. The fourth-order valence-corrected chi connectivity index (χ4v) is 6.20. The summed E-state index contributed by atoms with van der Waals surface area (Å²) >= 11 is 9.08. The van der Waals surface area contributed by atoms with Crippen molar-refractivity contribution in [2.24, 2.45) is 0 Å². The van der Waals surface area contributed by atoms with Gasteiger partial charge < -0.3 is 20.0 Å². The third kappa shape index (κ3) is 5.00. The highest BCUT2D eigenvalue weighted by Crippen LogP contribution is 2.35. The number of hydrogen-bond acceptors (Lipinski definition) is 6. The van der Waals surface area contributed by atoms with Crippen LogP contribution < -0.4 is 10.2 Å². The Bertz CT molecular complexity index is 1080. The first-order valence-corrected chi connectivity index (χ1v) is 12.8. The lowest BCUT2D eigenvalue weighted by atomic mass is 10.3. The van der Waals surface area contributed by atoms with Gasteiger partial charge in [0.05, 0.1) is 9.58 Å². The molecular weight excluding hydrogens is 466 g/mol. The average Bonchev–Trinajstić information content (AvgIpc) is 3.24. The number of aromatic nitrogens is 1. The summed E-state index contributed by atoms with van der Waals surface area (Å²) in [5.74, 6) is 0.0155. The van der Waals surface area contributed by atoms with Crippen LogP contribution in [0.5, 0.6) is 0 Å². The van der Waals surface area contributed by atoms with E-state index in [9.17, 15) is 9.59 Å². The first-order valence-electron chi connectivity index (χ1n) is 10.7. The largest absolute Gasteiger partial charge is 0.349 e. The van der Waals surface area contributed by atoms with E-state index in [4.69, 9.17) is 16.6 Å². The highest BCUT2D eigenvalue weighted by molar-refractivity contribution is 7.29. The van der Waals surface area contributed by atoms with Crippen molar-refractivity contribution in [2.45, 2.75) is 20.3 Å². The Labute approximate surface area is 200 Å². The summed E-state index contributed by atoms with van der Waals surface area (Å²) in [5, 5.41) is 4.46. The Morgan fingerprint density at radius 1 is 1.09 bits per heavy atom. The van der Waals surface area contributed by atoms with Gasteiger partial charge in [-0.05, 0) is 44.5 Å². The van der Waals surface area contributed by atoms with E-state index in [1.165, 1.54) is 11.3 Å². The van der Waals surface area contributed by atoms with E-state index in [1.54, 1.807) is 40.5 Å². The summed E-state index contributed by atoms with van der Waals surface area (Å²) in [5.41, 5.74) is 0.662. The summed E-state index contributed by atoms with van der Waals surface area (Å²) in [4.78, 5) is 37.9. The highest BCUT2D eigenvalue weighted by atomic mass is 35.5. The molecule has 7 nitrogen and oxygen atoms in total. The van der Waals surface area contributed by atoms with Crippen LogP contribution in [-0.4, -0.2) is 66.0 Å². The zero-order valence-electron chi connectivity index (χ0n) is 18.1. The van der Waals surface area contributed by atoms with E-state index in [1.807, 2.05) is 11.0 Å². The molecule has 32 heavy (non-hydrogen) atoms. The Morgan fingerprint density at radius 2 is 1.84 bits per heavy atom. The Hall–Kier alpha value is -2.36. The standard InChI is InChI=1S/C22H26ClN5O2S2/c1-3-26(4-2)22-25-19-17(32-22)14-18(31-19)20(29)27-9-6-10-28(12-11-27)21(30)24-16-8-5-7-15(23)13-16/h5,7-8,13-14H,3-4,6,9-12H2,1-2H3,(H,24,30). The first kappa shape index (κ1) is 22.8. The summed E-state index contributed by atoms with van der Waals surface area (Å²) in [7, 11) is 0. The van der Waals surface area contributed by atoms with Crippen molar-refractivity contribution >= 4 is 66.6 Å². The van der Waals surface area contributed by atoms with Gasteiger partial charge in [-0.1, -0.05) is 29.0 Å². The van der Waals surface area contributed by atoms with Gasteiger partial charge in [0.1, 0.15) is 4.83 Å². The van der Waals surface area contributed by atoms with E-state index in [0.29, 0.717) is 41.8 Å². The highest BCUT2D eigenvalue weighted by Gasteiger charge is 2.25. The fraction of sp³-hybridized carbons (Fsp3) is 0.409. The maximum atomic E-state index is 13.1. The second kappa shape index (κ2) is 10.1. The second-order valence-electron chi connectivity index (χ2n) is 7.52. The number of rotatable bonds is 5. The molecule has 3 heterocycles. The number of nitrogens with zero attached hydrogens (tertiary/aromatic N) is 4. The number of fused-ring (bicyclic) bond motifs is 1. The Morgan fingerprint density at radius 3 is 2.56 bits per heavy atom. The molecular formula is C22H26ClN5O2S2. The van der Waals surface area contributed by atoms with Gasteiger partial charge in [0.15, 0.2) is 5.13 Å². The number of urea groups is 1. The number of thiophene rings is 1. The van der Waals surface area contributed by atoms with Crippen LogP contribution in [0.4, 0.5) is 15.6 Å². The van der Waals surface area contributed by atoms with Crippen molar-refractivity contribution in [1.82, 2.24) is 14.8 Å². The molecule has 1 aliphatic rings. The van der Waals surface area contributed by atoms with Crippen molar-refractivity contribution in [3.05, 3.63) is 40.2 Å². The van der Waals surface area contributed by atoms with E-state index in [-0.39, 0.29) is 11.9 Å². The fourth-order valence-electron chi connectivity index (χ4n) is 3.71. The monoisotopic (exact) mass is 491 g/mol. The van der Waals surface area contributed by atoms with Gasteiger partial charge in [-0.25, -0.2) is 9.78 Å². The van der Waals surface area contributed by atoms with Crippen LogP contribution in [-0.2, 0) is 0 Å². The molecule has 1 fully saturated rings. The molecule has 0 saturated carbocycles. The molecule has 10 heteroatoms. The third-order valence-corrected chi connectivity index (χ3v) is 7.91. The molecule has 3 aromatic rings.